The zero-order valence-corrected chi connectivity index (χ0v) is 12.4. The number of hydrogen-bond acceptors (Lipinski definition) is 4. The SMILES string of the molecule is CC(C)COCCOC(C)C(=O)Nc1cccc(N)c1. The van der Waals surface area contributed by atoms with E-state index in [1.165, 1.54) is 0 Å². The Hall–Kier alpha value is -1.59. The van der Waals surface area contributed by atoms with Gasteiger partial charge in [0.2, 0.25) is 0 Å². The van der Waals surface area contributed by atoms with E-state index in [1.54, 1.807) is 31.2 Å². The fourth-order valence-corrected chi connectivity index (χ4v) is 1.54. The van der Waals surface area contributed by atoms with Gasteiger partial charge in [-0.25, -0.2) is 0 Å². The predicted octanol–water partition coefficient (Wildman–Crippen LogP) is 2.29. The van der Waals surface area contributed by atoms with Crippen LogP contribution >= 0.6 is 0 Å². The van der Waals surface area contributed by atoms with Crippen LogP contribution in [0.3, 0.4) is 0 Å². The summed E-state index contributed by atoms with van der Waals surface area (Å²) in [5.41, 5.74) is 6.93. The van der Waals surface area contributed by atoms with Crippen LogP contribution < -0.4 is 11.1 Å². The van der Waals surface area contributed by atoms with E-state index in [0.29, 0.717) is 37.1 Å². The molecule has 5 heteroatoms. The molecule has 112 valence electrons. The first-order chi connectivity index (χ1) is 9.49. The van der Waals surface area contributed by atoms with Crippen molar-refractivity contribution < 1.29 is 14.3 Å². The number of nitrogens with two attached hydrogens (primary N) is 1. The number of rotatable bonds is 8. The number of carbonyl (C=O) groups excluding carboxylic acids is 1. The molecule has 1 aromatic carbocycles. The van der Waals surface area contributed by atoms with Crippen molar-refractivity contribution in [3.05, 3.63) is 24.3 Å². The molecule has 20 heavy (non-hydrogen) atoms. The summed E-state index contributed by atoms with van der Waals surface area (Å²) in [6.45, 7) is 7.48. The number of hydrogen-bond donors (Lipinski definition) is 2. The van der Waals surface area contributed by atoms with Gasteiger partial charge in [0.25, 0.3) is 5.91 Å². The lowest BCUT2D eigenvalue weighted by Gasteiger charge is -2.14. The molecule has 1 rings (SSSR count). The summed E-state index contributed by atoms with van der Waals surface area (Å²) >= 11 is 0. The Bertz CT molecular complexity index is 421. The van der Waals surface area contributed by atoms with E-state index in [9.17, 15) is 4.79 Å². The number of carbonyl (C=O) groups is 1. The molecule has 0 heterocycles. The van der Waals surface area contributed by atoms with E-state index in [1.807, 2.05) is 0 Å². The predicted molar refractivity (Wildman–Crippen MR) is 80.6 cm³/mol. The molecule has 1 amide bonds. The zero-order chi connectivity index (χ0) is 15.0. The van der Waals surface area contributed by atoms with Gasteiger partial charge in [-0.05, 0) is 31.0 Å². The van der Waals surface area contributed by atoms with Crippen molar-refractivity contribution in [1.82, 2.24) is 0 Å². The van der Waals surface area contributed by atoms with Gasteiger partial charge in [0, 0.05) is 18.0 Å². The topological polar surface area (TPSA) is 73.6 Å². The third-order valence-corrected chi connectivity index (χ3v) is 2.57. The lowest BCUT2D eigenvalue weighted by Crippen LogP contribution is -2.29. The first-order valence-corrected chi connectivity index (χ1v) is 6.84. The maximum atomic E-state index is 11.9. The van der Waals surface area contributed by atoms with Gasteiger partial charge in [-0.2, -0.15) is 0 Å². The second-order valence-electron chi connectivity index (χ2n) is 5.10. The summed E-state index contributed by atoms with van der Waals surface area (Å²) in [5, 5.41) is 2.76. The normalized spacial score (nSPS) is 12.4. The molecule has 0 aliphatic carbocycles. The van der Waals surface area contributed by atoms with Crippen LogP contribution in [0, 0.1) is 5.92 Å². The second kappa shape index (κ2) is 8.55. The van der Waals surface area contributed by atoms with Crippen LogP contribution in [-0.4, -0.2) is 31.8 Å². The molecule has 0 aliphatic rings. The third-order valence-electron chi connectivity index (χ3n) is 2.57. The molecule has 5 nitrogen and oxygen atoms in total. The Kier molecular flexibility index (Phi) is 7.04. The number of amides is 1. The van der Waals surface area contributed by atoms with Gasteiger partial charge in [0.15, 0.2) is 0 Å². The standard InChI is InChI=1S/C15H24N2O3/c1-11(2)10-19-7-8-20-12(3)15(18)17-14-6-4-5-13(16)9-14/h4-6,9,11-12H,7-8,10,16H2,1-3H3,(H,17,18). The van der Waals surface area contributed by atoms with Gasteiger partial charge in [0.05, 0.1) is 13.2 Å². The first-order valence-electron chi connectivity index (χ1n) is 6.84. The summed E-state index contributed by atoms with van der Waals surface area (Å²) in [7, 11) is 0. The summed E-state index contributed by atoms with van der Waals surface area (Å²) in [4.78, 5) is 11.9. The quantitative estimate of drug-likeness (QED) is 0.566. The van der Waals surface area contributed by atoms with Gasteiger partial charge in [-0.3, -0.25) is 4.79 Å². The molecule has 0 saturated heterocycles. The van der Waals surface area contributed by atoms with Gasteiger partial charge in [-0.1, -0.05) is 19.9 Å². The third kappa shape index (κ3) is 6.54. The largest absolute Gasteiger partial charge is 0.399 e. The van der Waals surface area contributed by atoms with Crippen LogP contribution in [0.15, 0.2) is 24.3 Å². The average Bonchev–Trinajstić information content (AvgIpc) is 2.37. The number of anilines is 2. The van der Waals surface area contributed by atoms with Crippen molar-refractivity contribution in [2.24, 2.45) is 5.92 Å². The van der Waals surface area contributed by atoms with Crippen LogP contribution in [-0.2, 0) is 14.3 Å². The van der Waals surface area contributed by atoms with Crippen molar-refractivity contribution in [1.29, 1.82) is 0 Å². The zero-order valence-electron chi connectivity index (χ0n) is 12.4. The van der Waals surface area contributed by atoms with Gasteiger partial charge in [0.1, 0.15) is 6.10 Å². The Morgan fingerprint density at radius 3 is 2.70 bits per heavy atom. The lowest BCUT2D eigenvalue weighted by atomic mass is 10.2. The molecule has 1 atom stereocenters. The number of ether oxygens (including phenoxy) is 2. The average molecular weight is 280 g/mol. The summed E-state index contributed by atoms with van der Waals surface area (Å²) in [5.74, 6) is 0.304. The molecule has 0 aromatic heterocycles. The van der Waals surface area contributed by atoms with Crippen molar-refractivity contribution in [2.75, 3.05) is 30.9 Å². The van der Waals surface area contributed by atoms with Crippen LogP contribution in [0.1, 0.15) is 20.8 Å². The molecule has 0 saturated carbocycles. The van der Waals surface area contributed by atoms with Crippen molar-refractivity contribution in [2.45, 2.75) is 26.9 Å². The second-order valence-corrected chi connectivity index (χ2v) is 5.10. The Labute approximate surface area is 120 Å². The van der Waals surface area contributed by atoms with Crippen molar-refractivity contribution in [3.63, 3.8) is 0 Å². The highest BCUT2D eigenvalue weighted by atomic mass is 16.5. The Morgan fingerprint density at radius 2 is 2.05 bits per heavy atom. The molecular formula is C15H24N2O3. The molecule has 1 unspecified atom stereocenters. The maximum absolute atomic E-state index is 11.9. The summed E-state index contributed by atoms with van der Waals surface area (Å²) in [6.07, 6.45) is -0.529. The van der Waals surface area contributed by atoms with E-state index in [2.05, 4.69) is 19.2 Å². The van der Waals surface area contributed by atoms with Crippen LogP contribution in [0.2, 0.25) is 0 Å². The molecule has 0 aliphatic heterocycles. The molecule has 0 fully saturated rings. The lowest BCUT2D eigenvalue weighted by molar-refractivity contribution is -0.127. The Balaban J connectivity index is 2.25. The minimum atomic E-state index is -0.529. The molecule has 0 bridgehead atoms. The minimum Gasteiger partial charge on any atom is -0.399 e. The van der Waals surface area contributed by atoms with E-state index in [0.717, 1.165) is 0 Å². The molecule has 0 radical (unpaired) electrons. The van der Waals surface area contributed by atoms with Crippen LogP contribution in [0.25, 0.3) is 0 Å². The highest BCUT2D eigenvalue weighted by molar-refractivity contribution is 5.94. The van der Waals surface area contributed by atoms with Crippen LogP contribution in [0.4, 0.5) is 11.4 Å². The monoisotopic (exact) mass is 280 g/mol. The van der Waals surface area contributed by atoms with E-state index in [4.69, 9.17) is 15.2 Å². The summed E-state index contributed by atoms with van der Waals surface area (Å²) in [6, 6.07) is 7.04. The van der Waals surface area contributed by atoms with Gasteiger partial charge < -0.3 is 20.5 Å². The maximum Gasteiger partial charge on any atom is 0.253 e. The number of nitrogen functional groups attached to an aromatic ring is 1. The van der Waals surface area contributed by atoms with Crippen molar-refractivity contribution >= 4 is 17.3 Å². The van der Waals surface area contributed by atoms with E-state index >= 15 is 0 Å². The minimum absolute atomic E-state index is 0.195. The van der Waals surface area contributed by atoms with E-state index < -0.39 is 6.10 Å². The number of nitrogens with one attached hydrogen (secondary N) is 1. The fourth-order valence-electron chi connectivity index (χ4n) is 1.54. The summed E-state index contributed by atoms with van der Waals surface area (Å²) < 4.78 is 10.8. The smallest absolute Gasteiger partial charge is 0.253 e. The molecule has 3 N–H and O–H groups in total. The molecule has 0 spiro atoms. The molecular weight excluding hydrogens is 256 g/mol. The van der Waals surface area contributed by atoms with Gasteiger partial charge in [-0.15, -0.1) is 0 Å². The van der Waals surface area contributed by atoms with Crippen LogP contribution in [0.5, 0.6) is 0 Å². The highest BCUT2D eigenvalue weighted by Crippen LogP contribution is 2.12. The van der Waals surface area contributed by atoms with Gasteiger partial charge >= 0.3 is 0 Å². The van der Waals surface area contributed by atoms with Crippen molar-refractivity contribution in [3.8, 4) is 0 Å². The highest BCUT2D eigenvalue weighted by Gasteiger charge is 2.13. The van der Waals surface area contributed by atoms with E-state index in [-0.39, 0.29) is 5.91 Å². The first kappa shape index (κ1) is 16.5. The Morgan fingerprint density at radius 1 is 1.30 bits per heavy atom. The molecule has 1 aromatic rings. The fraction of sp³-hybridized carbons (Fsp3) is 0.533. The number of benzene rings is 1.